The Bertz CT molecular complexity index is 1250. The number of carbonyl (C=O) groups excluding carboxylic acids is 1. The summed E-state index contributed by atoms with van der Waals surface area (Å²) in [5.74, 6) is 0.624. The third-order valence-electron chi connectivity index (χ3n) is 5.44. The second-order valence-electron chi connectivity index (χ2n) is 7.89. The first kappa shape index (κ1) is 24.4. The molecule has 0 radical (unpaired) electrons. The lowest BCUT2D eigenvalue weighted by Gasteiger charge is -2.41. The van der Waals surface area contributed by atoms with E-state index in [1.807, 2.05) is 17.0 Å². The van der Waals surface area contributed by atoms with Crippen LogP contribution in [0.3, 0.4) is 0 Å². The highest BCUT2D eigenvalue weighted by Gasteiger charge is 2.34. The molecule has 4 rings (SSSR count). The Balaban J connectivity index is 1.54. The van der Waals surface area contributed by atoms with Crippen molar-refractivity contribution >= 4 is 45.0 Å². The van der Waals surface area contributed by atoms with Crippen LogP contribution >= 0.6 is 23.2 Å². The molecule has 1 aromatic carbocycles. The molecule has 3 aromatic rings. The van der Waals surface area contributed by atoms with Crippen molar-refractivity contribution in [3.8, 4) is 5.95 Å². The van der Waals surface area contributed by atoms with Gasteiger partial charge < -0.3 is 10.2 Å². The van der Waals surface area contributed by atoms with E-state index >= 15 is 0 Å². The van der Waals surface area contributed by atoms with E-state index in [9.17, 15) is 13.2 Å². The minimum atomic E-state index is -3.42. The van der Waals surface area contributed by atoms with Gasteiger partial charge >= 0.3 is 0 Å². The van der Waals surface area contributed by atoms with Crippen molar-refractivity contribution in [2.75, 3.05) is 30.8 Å². The summed E-state index contributed by atoms with van der Waals surface area (Å²) in [6, 6.07) is 8.34. The summed E-state index contributed by atoms with van der Waals surface area (Å²) in [5, 5.41) is 3.73. The van der Waals surface area contributed by atoms with Crippen molar-refractivity contribution < 1.29 is 13.2 Å². The quantitative estimate of drug-likeness (QED) is 0.471. The van der Waals surface area contributed by atoms with Crippen LogP contribution in [0, 0.1) is 0 Å². The molecule has 1 fully saturated rings. The Morgan fingerprint density at radius 2 is 1.94 bits per heavy atom. The van der Waals surface area contributed by atoms with Gasteiger partial charge in [-0.2, -0.15) is 9.29 Å². The van der Waals surface area contributed by atoms with Crippen molar-refractivity contribution in [2.24, 2.45) is 0 Å². The summed E-state index contributed by atoms with van der Waals surface area (Å²) in [5.41, 5.74) is 0.906. The summed E-state index contributed by atoms with van der Waals surface area (Å²) < 4.78 is 27.4. The van der Waals surface area contributed by atoms with Gasteiger partial charge in [0.1, 0.15) is 17.3 Å². The number of nitrogens with zero attached hydrogens (tertiary/aromatic N) is 6. The Kier molecular flexibility index (Phi) is 7.36. The van der Waals surface area contributed by atoms with Crippen molar-refractivity contribution in [3.63, 3.8) is 0 Å². The molecule has 1 aliphatic rings. The topological polar surface area (TPSA) is 113 Å². The lowest BCUT2D eigenvalue weighted by Crippen LogP contribution is -2.56. The summed E-state index contributed by atoms with van der Waals surface area (Å²) in [6.45, 7) is 1.10. The molecule has 1 saturated heterocycles. The number of halogens is 2. The number of benzene rings is 1. The van der Waals surface area contributed by atoms with Gasteiger partial charge in [-0.05, 0) is 17.7 Å². The van der Waals surface area contributed by atoms with Crippen LogP contribution in [0.4, 0.5) is 5.82 Å². The number of aromatic nitrogens is 4. The van der Waals surface area contributed by atoms with Gasteiger partial charge in [0.25, 0.3) is 0 Å². The van der Waals surface area contributed by atoms with Crippen LogP contribution in [0.5, 0.6) is 0 Å². The van der Waals surface area contributed by atoms with Crippen molar-refractivity contribution in [3.05, 3.63) is 64.8 Å². The fraction of sp³-hybridized carbons (Fsp3) is 0.333. The average molecular weight is 524 g/mol. The summed E-state index contributed by atoms with van der Waals surface area (Å²) >= 11 is 12.2. The van der Waals surface area contributed by atoms with Crippen LogP contribution in [-0.2, 0) is 21.4 Å². The van der Waals surface area contributed by atoms with Gasteiger partial charge in [0.05, 0.1) is 12.3 Å². The van der Waals surface area contributed by atoms with Crippen LogP contribution in [-0.4, -0.2) is 70.1 Å². The lowest BCUT2D eigenvalue weighted by molar-refractivity contribution is -0.121. The number of imidazole rings is 1. The summed E-state index contributed by atoms with van der Waals surface area (Å²) in [7, 11) is -3.42. The van der Waals surface area contributed by atoms with Crippen LogP contribution in [0.15, 0.2) is 49.1 Å². The zero-order chi connectivity index (χ0) is 24.3. The molecule has 1 amide bonds. The molecule has 180 valence electrons. The van der Waals surface area contributed by atoms with E-state index in [0.717, 1.165) is 5.56 Å². The Hall–Kier alpha value is -2.73. The first-order valence-electron chi connectivity index (χ1n) is 10.4. The Morgan fingerprint density at radius 1 is 1.18 bits per heavy atom. The van der Waals surface area contributed by atoms with E-state index in [1.165, 1.54) is 10.6 Å². The number of amides is 1. The van der Waals surface area contributed by atoms with Crippen molar-refractivity contribution in [1.29, 1.82) is 0 Å². The SMILES string of the molecule is CS(=O)(=O)N1CCN(c2cc(Cl)nc(-n3ccnc3)n2)C(CC(=O)NCc2ccc(Cl)cc2)C1. The van der Waals surface area contributed by atoms with Crippen molar-refractivity contribution in [1.82, 2.24) is 29.1 Å². The van der Waals surface area contributed by atoms with Gasteiger partial charge in [-0.25, -0.2) is 18.4 Å². The van der Waals surface area contributed by atoms with Crippen LogP contribution in [0.2, 0.25) is 10.2 Å². The zero-order valence-corrected chi connectivity index (χ0v) is 20.6. The Morgan fingerprint density at radius 3 is 2.62 bits per heavy atom. The number of sulfonamides is 1. The number of nitrogens with one attached hydrogen (secondary N) is 1. The molecule has 1 atom stereocenters. The highest BCUT2D eigenvalue weighted by atomic mass is 35.5. The van der Waals surface area contributed by atoms with Gasteiger partial charge in [0.2, 0.25) is 21.9 Å². The van der Waals surface area contributed by atoms with Crippen LogP contribution in [0.1, 0.15) is 12.0 Å². The third kappa shape index (κ3) is 6.03. The fourth-order valence-electron chi connectivity index (χ4n) is 3.73. The second kappa shape index (κ2) is 10.3. The molecule has 34 heavy (non-hydrogen) atoms. The molecule has 10 nitrogen and oxygen atoms in total. The third-order valence-corrected chi connectivity index (χ3v) is 7.15. The standard InChI is InChI=1S/C21H23Cl2N7O3S/c1-34(32,33)29-8-9-30(19-11-18(23)26-21(27-19)28-7-6-24-14-28)17(13-29)10-20(31)25-12-15-2-4-16(22)5-3-15/h2-7,11,14,17H,8-10,12-13H2,1H3,(H,25,31). The van der Waals surface area contributed by atoms with Gasteiger partial charge in [0.15, 0.2) is 0 Å². The predicted octanol–water partition coefficient (Wildman–Crippen LogP) is 2.13. The van der Waals surface area contributed by atoms with E-state index in [2.05, 4.69) is 20.3 Å². The summed E-state index contributed by atoms with van der Waals surface area (Å²) in [4.78, 5) is 27.5. The Labute approximate surface area is 207 Å². The smallest absolute Gasteiger partial charge is 0.238 e. The maximum Gasteiger partial charge on any atom is 0.238 e. The van der Waals surface area contributed by atoms with Crippen molar-refractivity contribution in [2.45, 2.75) is 19.0 Å². The van der Waals surface area contributed by atoms with E-state index < -0.39 is 16.1 Å². The maximum atomic E-state index is 12.8. The highest BCUT2D eigenvalue weighted by molar-refractivity contribution is 7.88. The number of rotatable bonds is 7. The molecular weight excluding hydrogens is 501 g/mol. The number of hydrogen-bond acceptors (Lipinski definition) is 7. The van der Waals surface area contributed by atoms with E-state index in [4.69, 9.17) is 23.2 Å². The van der Waals surface area contributed by atoms with E-state index in [0.29, 0.717) is 29.9 Å². The molecule has 0 saturated carbocycles. The molecule has 1 N–H and O–H groups in total. The van der Waals surface area contributed by atoms with Crippen LogP contribution < -0.4 is 10.2 Å². The number of piperazine rings is 1. The molecule has 13 heteroatoms. The minimum Gasteiger partial charge on any atom is -0.352 e. The lowest BCUT2D eigenvalue weighted by atomic mass is 10.1. The number of carbonyl (C=O) groups is 1. The molecule has 1 unspecified atom stereocenters. The minimum absolute atomic E-state index is 0.0711. The number of hydrogen-bond donors (Lipinski definition) is 1. The molecule has 1 aliphatic heterocycles. The monoisotopic (exact) mass is 523 g/mol. The maximum absolute atomic E-state index is 12.8. The molecule has 0 aliphatic carbocycles. The predicted molar refractivity (Wildman–Crippen MR) is 130 cm³/mol. The van der Waals surface area contributed by atoms with E-state index in [-0.39, 0.29) is 30.6 Å². The van der Waals surface area contributed by atoms with Crippen LogP contribution in [0.25, 0.3) is 5.95 Å². The molecule has 0 bridgehead atoms. The first-order chi connectivity index (χ1) is 16.2. The molecule has 0 spiro atoms. The fourth-order valence-corrected chi connectivity index (χ4v) is 4.88. The van der Waals surface area contributed by atoms with Gasteiger partial charge in [-0.1, -0.05) is 35.3 Å². The molecule has 2 aromatic heterocycles. The van der Waals surface area contributed by atoms with Gasteiger partial charge in [-0.15, -0.1) is 0 Å². The van der Waals surface area contributed by atoms with Gasteiger partial charge in [0, 0.05) is 56.1 Å². The zero-order valence-electron chi connectivity index (χ0n) is 18.3. The summed E-state index contributed by atoms with van der Waals surface area (Å²) in [6.07, 6.45) is 6.08. The normalized spacial score (nSPS) is 17.0. The average Bonchev–Trinajstić information content (AvgIpc) is 3.33. The molecular formula is C21H23Cl2N7O3S. The highest BCUT2D eigenvalue weighted by Crippen LogP contribution is 2.25. The number of anilines is 1. The second-order valence-corrected chi connectivity index (χ2v) is 10.7. The molecule has 3 heterocycles. The van der Waals surface area contributed by atoms with E-state index in [1.54, 1.807) is 41.5 Å². The first-order valence-corrected chi connectivity index (χ1v) is 13.1. The largest absolute Gasteiger partial charge is 0.352 e. The van der Waals surface area contributed by atoms with Gasteiger partial charge in [-0.3, -0.25) is 9.36 Å².